The van der Waals surface area contributed by atoms with E-state index in [4.69, 9.17) is 0 Å². The van der Waals surface area contributed by atoms with Gasteiger partial charge >= 0.3 is 0 Å². The SMILES string of the molecule is SC1CN(Cc2ccccc2)C1. The van der Waals surface area contributed by atoms with Crippen molar-refractivity contribution in [2.75, 3.05) is 13.1 Å². The quantitative estimate of drug-likeness (QED) is 0.678. The van der Waals surface area contributed by atoms with Crippen LogP contribution in [-0.2, 0) is 6.54 Å². The van der Waals surface area contributed by atoms with Crippen molar-refractivity contribution in [1.82, 2.24) is 4.90 Å². The first kappa shape index (κ1) is 8.14. The zero-order valence-corrected chi connectivity index (χ0v) is 7.87. The van der Waals surface area contributed by atoms with Crippen LogP contribution in [0.3, 0.4) is 0 Å². The zero-order valence-electron chi connectivity index (χ0n) is 6.98. The highest BCUT2D eigenvalue weighted by Crippen LogP contribution is 2.16. The molecule has 2 rings (SSSR count). The summed E-state index contributed by atoms with van der Waals surface area (Å²) in [6, 6.07) is 10.6. The summed E-state index contributed by atoms with van der Waals surface area (Å²) in [5, 5.41) is 0.605. The molecule has 0 bridgehead atoms. The molecule has 0 spiro atoms. The molecule has 2 heteroatoms. The van der Waals surface area contributed by atoms with Crippen LogP contribution in [0.25, 0.3) is 0 Å². The van der Waals surface area contributed by atoms with Crippen LogP contribution >= 0.6 is 12.6 Å². The predicted octanol–water partition coefficient (Wildman–Crippen LogP) is 1.80. The second-order valence-electron chi connectivity index (χ2n) is 3.33. The fourth-order valence-electron chi connectivity index (χ4n) is 1.51. The molecule has 0 radical (unpaired) electrons. The van der Waals surface area contributed by atoms with E-state index in [1.165, 1.54) is 5.56 Å². The molecule has 0 aromatic heterocycles. The lowest BCUT2D eigenvalue weighted by Gasteiger charge is -2.36. The van der Waals surface area contributed by atoms with Gasteiger partial charge in [-0.05, 0) is 5.56 Å². The first-order chi connectivity index (χ1) is 5.84. The second kappa shape index (κ2) is 3.50. The first-order valence-electron chi connectivity index (χ1n) is 4.29. The summed E-state index contributed by atoms with van der Waals surface area (Å²) < 4.78 is 0. The average molecular weight is 179 g/mol. The highest BCUT2D eigenvalue weighted by molar-refractivity contribution is 7.81. The molecule has 1 aliphatic rings. The Morgan fingerprint density at radius 3 is 2.50 bits per heavy atom. The van der Waals surface area contributed by atoms with Gasteiger partial charge in [0.05, 0.1) is 0 Å². The minimum absolute atomic E-state index is 0.605. The number of thiol groups is 1. The summed E-state index contributed by atoms with van der Waals surface area (Å²) in [6.07, 6.45) is 0. The molecule has 0 unspecified atom stereocenters. The van der Waals surface area contributed by atoms with Crippen molar-refractivity contribution in [3.63, 3.8) is 0 Å². The van der Waals surface area contributed by atoms with E-state index in [0.29, 0.717) is 5.25 Å². The molecule has 0 atom stereocenters. The molecule has 0 N–H and O–H groups in total. The molecule has 1 nitrogen and oxygen atoms in total. The van der Waals surface area contributed by atoms with E-state index in [0.717, 1.165) is 19.6 Å². The lowest BCUT2D eigenvalue weighted by atomic mass is 10.1. The van der Waals surface area contributed by atoms with Crippen LogP contribution in [0.1, 0.15) is 5.56 Å². The predicted molar refractivity (Wildman–Crippen MR) is 54.5 cm³/mol. The average Bonchev–Trinajstić information content (AvgIpc) is 2.04. The summed E-state index contributed by atoms with van der Waals surface area (Å²) in [5.74, 6) is 0. The Morgan fingerprint density at radius 2 is 1.92 bits per heavy atom. The van der Waals surface area contributed by atoms with Gasteiger partial charge in [-0.2, -0.15) is 12.6 Å². The molecule has 1 aliphatic heterocycles. The number of hydrogen-bond donors (Lipinski definition) is 1. The minimum Gasteiger partial charge on any atom is -0.297 e. The molecular weight excluding hydrogens is 166 g/mol. The van der Waals surface area contributed by atoms with Crippen LogP contribution in [0.2, 0.25) is 0 Å². The Kier molecular flexibility index (Phi) is 2.38. The third kappa shape index (κ3) is 1.82. The van der Waals surface area contributed by atoms with E-state index < -0.39 is 0 Å². The maximum Gasteiger partial charge on any atom is 0.0272 e. The van der Waals surface area contributed by atoms with Gasteiger partial charge in [0.2, 0.25) is 0 Å². The molecule has 1 aromatic rings. The van der Waals surface area contributed by atoms with Crippen molar-refractivity contribution in [3.8, 4) is 0 Å². The summed E-state index contributed by atoms with van der Waals surface area (Å²) in [5.41, 5.74) is 1.40. The zero-order chi connectivity index (χ0) is 8.39. The van der Waals surface area contributed by atoms with Crippen molar-refractivity contribution in [2.24, 2.45) is 0 Å². The Balaban J connectivity index is 1.88. The Morgan fingerprint density at radius 1 is 1.25 bits per heavy atom. The molecule has 1 saturated heterocycles. The van der Waals surface area contributed by atoms with Gasteiger partial charge in [0.1, 0.15) is 0 Å². The smallest absolute Gasteiger partial charge is 0.0272 e. The van der Waals surface area contributed by atoms with Crippen LogP contribution in [-0.4, -0.2) is 23.2 Å². The highest BCUT2D eigenvalue weighted by atomic mass is 32.1. The van der Waals surface area contributed by atoms with Crippen molar-refractivity contribution >= 4 is 12.6 Å². The topological polar surface area (TPSA) is 3.24 Å². The Labute approximate surface area is 78.8 Å². The van der Waals surface area contributed by atoms with E-state index in [9.17, 15) is 0 Å². The highest BCUT2D eigenvalue weighted by Gasteiger charge is 2.22. The van der Waals surface area contributed by atoms with Gasteiger partial charge in [0.15, 0.2) is 0 Å². The van der Waals surface area contributed by atoms with E-state index >= 15 is 0 Å². The summed E-state index contributed by atoms with van der Waals surface area (Å²) >= 11 is 4.37. The fourth-order valence-corrected chi connectivity index (χ4v) is 1.98. The van der Waals surface area contributed by atoms with Gasteiger partial charge in [-0.1, -0.05) is 30.3 Å². The number of benzene rings is 1. The maximum atomic E-state index is 4.37. The number of likely N-dealkylation sites (tertiary alicyclic amines) is 1. The van der Waals surface area contributed by atoms with E-state index in [1.807, 2.05) is 0 Å². The molecular formula is C10H13NS. The van der Waals surface area contributed by atoms with E-state index in [2.05, 4.69) is 47.9 Å². The maximum absolute atomic E-state index is 4.37. The summed E-state index contributed by atoms with van der Waals surface area (Å²) in [4.78, 5) is 2.41. The van der Waals surface area contributed by atoms with Crippen LogP contribution in [0.4, 0.5) is 0 Å². The van der Waals surface area contributed by atoms with Crippen LogP contribution < -0.4 is 0 Å². The molecule has 1 aromatic carbocycles. The molecule has 1 heterocycles. The minimum atomic E-state index is 0.605. The van der Waals surface area contributed by atoms with Crippen LogP contribution in [0.5, 0.6) is 0 Å². The lowest BCUT2D eigenvalue weighted by molar-refractivity contribution is 0.182. The number of rotatable bonds is 2. The van der Waals surface area contributed by atoms with Gasteiger partial charge in [-0.25, -0.2) is 0 Å². The molecule has 0 amide bonds. The Hall–Kier alpha value is -0.470. The van der Waals surface area contributed by atoms with Gasteiger partial charge in [-0.3, -0.25) is 4.90 Å². The van der Waals surface area contributed by atoms with Crippen molar-refractivity contribution < 1.29 is 0 Å². The second-order valence-corrected chi connectivity index (χ2v) is 4.06. The Bertz CT molecular complexity index is 241. The molecule has 64 valence electrons. The van der Waals surface area contributed by atoms with Crippen LogP contribution in [0.15, 0.2) is 30.3 Å². The van der Waals surface area contributed by atoms with Gasteiger partial charge in [-0.15, -0.1) is 0 Å². The van der Waals surface area contributed by atoms with E-state index in [1.54, 1.807) is 0 Å². The largest absolute Gasteiger partial charge is 0.297 e. The third-order valence-electron chi connectivity index (χ3n) is 2.19. The lowest BCUT2D eigenvalue weighted by Crippen LogP contribution is -2.46. The van der Waals surface area contributed by atoms with Crippen molar-refractivity contribution in [1.29, 1.82) is 0 Å². The molecule has 0 saturated carbocycles. The van der Waals surface area contributed by atoms with Crippen molar-refractivity contribution in [2.45, 2.75) is 11.8 Å². The van der Waals surface area contributed by atoms with Crippen LogP contribution in [0, 0.1) is 0 Å². The number of hydrogen-bond acceptors (Lipinski definition) is 2. The normalized spacial score (nSPS) is 19.1. The first-order valence-corrected chi connectivity index (χ1v) is 4.80. The molecule has 1 fully saturated rings. The standard InChI is InChI=1S/C10H13NS/c12-10-7-11(8-10)6-9-4-2-1-3-5-9/h1-5,10,12H,6-8H2. The third-order valence-corrected chi connectivity index (χ3v) is 2.51. The molecule has 12 heavy (non-hydrogen) atoms. The van der Waals surface area contributed by atoms with Gasteiger partial charge in [0, 0.05) is 24.9 Å². The number of nitrogens with zero attached hydrogens (tertiary/aromatic N) is 1. The van der Waals surface area contributed by atoms with E-state index in [-0.39, 0.29) is 0 Å². The summed E-state index contributed by atoms with van der Waals surface area (Å²) in [7, 11) is 0. The molecule has 0 aliphatic carbocycles. The summed E-state index contributed by atoms with van der Waals surface area (Å²) in [6.45, 7) is 3.36. The van der Waals surface area contributed by atoms with Gasteiger partial charge in [0.25, 0.3) is 0 Å². The van der Waals surface area contributed by atoms with Crippen molar-refractivity contribution in [3.05, 3.63) is 35.9 Å². The monoisotopic (exact) mass is 179 g/mol. The van der Waals surface area contributed by atoms with Gasteiger partial charge < -0.3 is 0 Å². The fraction of sp³-hybridized carbons (Fsp3) is 0.400.